The van der Waals surface area contributed by atoms with Crippen molar-refractivity contribution in [2.75, 3.05) is 13.1 Å². The average Bonchev–Trinajstić information content (AvgIpc) is 2.86. The van der Waals surface area contributed by atoms with Crippen molar-refractivity contribution >= 4 is 11.0 Å². The summed E-state index contributed by atoms with van der Waals surface area (Å²) in [6.45, 7) is 4.70. The lowest BCUT2D eigenvalue weighted by atomic mass is 10.0. The zero-order valence-corrected chi connectivity index (χ0v) is 12.1. The summed E-state index contributed by atoms with van der Waals surface area (Å²) in [4.78, 5) is 14.0. The van der Waals surface area contributed by atoms with Crippen molar-refractivity contribution < 1.29 is 9.52 Å². The van der Waals surface area contributed by atoms with Crippen LogP contribution in [-0.4, -0.2) is 29.1 Å². The first kappa shape index (κ1) is 14.1. The number of phenols is 1. The Morgan fingerprint density at radius 1 is 1.48 bits per heavy atom. The molecule has 0 aliphatic carbocycles. The van der Waals surface area contributed by atoms with Crippen LogP contribution in [0.3, 0.4) is 0 Å². The maximum absolute atomic E-state index is 11.7. The largest absolute Gasteiger partial charge is 0.508 e. The van der Waals surface area contributed by atoms with Crippen LogP contribution in [-0.2, 0) is 6.54 Å². The Morgan fingerprint density at radius 3 is 3.00 bits per heavy atom. The van der Waals surface area contributed by atoms with Gasteiger partial charge < -0.3 is 15.3 Å². The number of fused-ring (bicyclic) bond motifs is 1. The number of rotatable bonds is 3. The Labute approximate surface area is 123 Å². The van der Waals surface area contributed by atoms with Gasteiger partial charge in [-0.1, -0.05) is 0 Å². The van der Waals surface area contributed by atoms with Gasteiger partial charge >= 0.3 is 5.63 Å². The van der Waals surface area contributed by atoms with Crippen LogP contribution >= 0.6 is 0 Å². The fraction of sp³-hybridized carbons (Fsp3) is 0.438. The first-order valence-electron chi connectivity index (χ1n) is 7.26. The van der Waals surface area contributed by atoms with E-state index in [1.54, 1.807) is 18.2 Å². The molecule has 0 bridgehead atoms. The molecule has 21 heavy (non-hydrogen) atoms. The van der Waals surface area contributed by atoms with Gasteiger partial charge in [-0.25, -0.2) is 4.79 Å². The quantitative estimate of drug-likeness (QED) is 0.840. The fourth-order valence-corrected chi connectivity index (χ4v) is 3.03. The summed E-state index contributed by atoms with van der Waals surface area (Å²) in [7, 11) is 0. The van der Waals surface area contributed by atoms with E-state index in [-0.39, 0.29) is 17.4 Å². The first-order chi connectivity index (χ1) is 10.0. The molecule has 2 unspecified atom stereocenters. The molecule has 1 aliphatic rings. The normalized spacial score (nSPS) is 21.0. The van der Waals surface area contributed by atoms with E-state index in [4.69, 9.17) is 10.2 Å². The lowest BCUT2D eigenvalue weighted by Crippen LogP contribution is -2.29. The lowest BCUT2D eigenvalue weighted by molar-refractivity contribution is 0.309. The molecule has 0 spiro atoms. The molecule has 1 fully saturated rings. The van der Waals surface area contributed by atoms with Gasteiger partial charge in [0.05, 0.1) is 0 Å². The summed E-state index contributed by atoms with van der Waals surface area (Å²) in [6, 6.07) is 6.63. The van der Waals surface area contributed by atoms with Crippen molar-refractivity contribution in [1.82, 2.24) is 4.90 Å². The van der Waals surface area contributed by atoms with Gasteiger partial charge in [0, 0.05) is 36.7 Å². The van der Waals surface area contributed by atoms with Crippen LogP contribution in [0.1, 0.15) is 18.9 Å². The average molecular weight is 288 g/mol. The van der Waals surface area contributed by atoms with Crippen molar-refractivity contribution in [2.45, 2.75) is 25.9 Å². The number of benzene rings is 1. The molecular formula is C16H20N2O3. The van der Waals surface area contributed by atoms with Gasteiger partial charge in [0.15, 0.2) is 0 Å². The minimum atomic E-state index is -0.383. The minimum Gasteiger partial charge on any atom is -0.508 e. The van der Waals surface area contributed by atoms with Gasteiger partial charge in [-0.05, 0) is 43.5 Å². The third-order valence-electron chi connectivity index (χ3n) is 4.26. The smallest absolute Gasteiger partial charge is 0.336 e. The SMILES string of the molecule is CC(N)C1CCN(Cc2cc(=O)oc3cc(O)ccc23)C1. The molecule has 3 rings (SSSR count). The predicted molar refractivity (Wildman–Crippen MR) is 81.2 cm³/mol. The van der Waals surface area contributed by atoms with Crippen molar-refractivity contribution in [1.29, 1.82) is 0 Å². The maximum Gasteiger partial charge on any atom is 0.336 e. The Kier molecular flexibility index (Phi) is 3.69. The van der Waals surface area contributed by atoms with Crippen LogP contribution in [0.15, 0.2) is 33.5 Å². The monoisotopic (exact) mass is 288 g/mol. The maximum atomic E-state index is 11.7. The van der Waals surface area contributed by atoms with E-state index in [2.05, 4.69) is 4.90 Å². The van der Waals surface area contributed by atoms with Gasteiger partial charge in [-0.2, -0.15) is 0 Å². The molecule has 0 radical (unpaired) electrons. The lowest BCUT2D eigenvalue weighted by Gasteiger charge is -2.18. The van der Waals surface area contributed by atoms with Crippen LogP contribution in [0.25, 0.3) is 11.0 Å². The number of nitrogens with two attached hydrogens (primary N) is 1. The number of nitrogens with zero attached hydrogens (tertiary/aromatic N) is 1. The first-order valence-corrected chi connectivity index (χ1v) is 7.26. The molecule has 2 aromatic rings. The molecule has 0 amide bonds. The molecule has 1 aromatic heterocycles. The third-order valence-corrected chi connectivity index (χ3v) is 4.26. The molecule has 1 saturated heterocycles. The van der Waals surface area contributed by atoms with Crippen LogP contribution in [0.4, 0.5) is 0 Å². The summed E-state index contributed by atoms with van der Waals surface area (Å²) in [5, 5.41) is 10.4. The highest BCUT2D eigenvalue weighted by Gasteiger charge is 2.25. The van der Waals surface area contributed by atoms with E-state index in [9.17, 15) is 9.90 Å². The summed E-state index contributed by atoms with van der Waals surface area (Å²) < 4.78 is 5.15. The van der Waals surface area contributed by atoms with E-state index in [0.29, 0.717) is 18.0 Å². The highest BCUT2D eigenvalue weighted by molar-refractivity contribution is 5.81. The Bertz CT molecular complexity index is 708. The molecule has 0 saturated carbocycles. The molecule has 5 heteroatoms. The highest BCUT2D eigenvalue weighted by Crippen LogP contribution is 2.25. The summed E-state index contributed by atoms with van der Waals surface area (Å²) in [5.74, 6) is 0.612. The van der Waals surface area contributed by atoms with Crippen LogP contribution < -0.4 is 11.4 Å². The highest BCUT2D eigenvalue weighted by atomic mass is 16.4. The van der Waals surface area contributed by atoms with E-state index >= 15 is 0 Å². The zero-order valence-electron chi connectivity index (χ0n) is 12.1. The molecule has 2 atom stereocenters. The number of phenolic OH excluding ortho intramolecular Hbond substituents is 1. The molecule has 2 heterocycles. The molecule has 3 N–H and O–H groups in total. The second-order valence-corrected chi connectivity index (χ2v) is 5.91. The minimum absolute atomic E-state index is 0.0981. The van der Waals surface area contributed by atoms with E-state index < -0.39 is 0 Å². The Balaban J connectivity index is 1.89. The topological polar surface area (TPSA) is 79.7 Å². The van der Waals surface area contributed by atoms with Crippen molar-refractivity contribution in [3.8, 4) is 5.75 Å². The van der Waals surface area contributed by atoms with Gasteiger partial charge in [0.25, 0.3) is 0 Å². The Morgan fingerprint density at radius 2 is 2.29 bits per heavy atom. The second kappa shape index (κ2) is 5.50. The van der Waals surface area contributed by atoms with Crippen molar-refractivity contribution in [3.63, 3.8) is 0 Å². The van der Waals surface area contributed by atoms with E-state index in [1.165, 1.54) is 6.07 Å². The van der Waals surface area contributed by atoms with Gasteiger partial charge in [-0.15, -0.1) is 0 Å². The van der Waals surface area contributed by atoms with E-state index in [0.717, 1.165) is 30.5 Å². The number of likely N-dealkylation sites (tertiary alicyclic amines) is 1. The van der Waals surface area contributed by atoms with Crippen molar-refractivity contribution in [3.05, 3.63) is 40.2 Å². The second-order valence-electron chi connectivity index (χ2n) is 5.91. The van der Waals surface area contributed by atoms with Crippen molar-refractivity contribution in [2.24, 2.45) is 11.7 Å². The number of hydrogen-bond acceptors (Lipinski definition) is 5. The number of hydrogen-bond donors (Lipinski definition) is 2. The van der Waals surface area contributed by atoms with E-state index in [1.807, 2.05) is 6.92 Å². The van der Waals surface area contributed by atoms with Crippen LogP contribution in [0, 0.1) is 5.92 Å². The predicted octanol–water partition coefficient (Wildman–Crippen LogP) is 1.67. The fourth-order valence-electron chi connectivity index (χ4n) is 3.03. The summed E-state index contributed by atoms with van der Waals surface area (Å²) >= 11 is 0. The molecule has 112 valence electrons. The number of aromatic hydroxyl groups is 1. The molecule has 5 nitrogen and oxygen atoms in total. The van der Waals surface area contributed by atoms with Crippen LogP contribution in [0.5, 0.6) is 5.75 Å². The van der Waals surface area contributed by atoms with Crippen LogP contribution in [0.2, 0.25) is 0 Å². The van der Waals surface area contributed by atoms with Gasteiger partial charge in [0.2, 0.25) is 0 Å². The third kappa shape index (κ3) is 2.94. The van der Waals surface area contributed by atoms with Gasteiger partial charge in [0.1, 0.15) is 11.3 Å². The zero-order chi connectivity index (χ0) is 15.0. The van der Waals surface area contributed by atoms with Gasteiger partial charge in [-0.3, -0.25) is 4.90 Å². The Hall–Kier alpha value is -1.85. The molecule has 1 aliphatic heterocycles. The molecule has 1 aromatic carbocycles. The standard InChI is InChI=1S/C16H20N2O3/c1-10(17)11-4-5-18(8-11)9-12-6-16(20)21-15-7-13(19)2-3-14(12)15/h2-3,6-7,10-11,19H,4-5,8-9,17H2,1H3. The summed E-state index contributed by atoms with van der Waals surface area (Å²) in [5.41, 5.74) is 6.95. The summed E-state index contributed by atoms with van der Waals surface area (Å²) in [6.07, 6.45) is 1.10. The molecular weight excluding hydrogens is 268 g/mol.